The molecular weight excluding hydrogens is 398 g/mol. The lowest BCUT2D eigenvalue weighted by molar-refractivity contribution is 0.0982. The average molecular weight is 420 g/mol. The maximum atomic E-state index is 12.3. The Hall–Kier alpha value is -2.70. The molecule has 4 rings (SSSR count). The molecule has 0 amide bonds. The van der Waals surface area contributed by atoms with E-state index in [0.29, 0.717) is 6.42 Å². The van der Waals surface area contributed by atoms with Gasteiger partial charge in [0.25, 0.3) is 0 Å². The van der Waals surface area contributed by atoms with Crippen molar-refractivity contribution < 1.29 is 4.79 Å². The second-order valence-electron chi connectivity index (χ2n) is 6.57. The summed E-state index contributed by atoms with van der Waals surface area (Å²) in [5.41, 5.74) is 1.84. The van der Waals surface area contributed by atoms with Gasteiger partial charge in [0.2, 0.25) is 0 Å². The Labute approximate surface area is 178 Å². The molecule has 0 spiro atoms. The minimum atomic E-state index is 0.189. The van der Waals surface area contributed by atoms with Crippen molar-refractivity contribution in [2.24, 2.45) is 0 Å². The molecule has 0 aliphatic heterocycles. The van der Waals surface area contributed by atoms with Gasteiger partial charge in [0.05, 0.1) is 0 Å². The van der Waals surface area contributed by atoms with Gasteiger partial charge in [-0.1, -0.05) is 66.4 Å². The third-order valence-corrected chi connectivity index (χ3v) is 6.39. The van der Waals surface area contributed by atoms with Crippen molar-refractivity contribution in [2.45, 2.75) is 24.4 Å². The molecule has 146 valence electrons. The van der Waals surface area contributed by atoms with Gasteiger partial charge in [0.15, 0.2) is 10.9 Å². The van der Waals surface area contributed by atoms with Gasteiger partial charge in [-0.05, 0) is 30.0 Å². The van der Waals surface area contributed by atoms with E-state index in [1.54, 1.807) is 23.1 Å². The summed E-state index contributed by atoms with van der Waals surface area (Å²) >= 11 is 3.38. The number of thioether (sulfide) groups is 1. The largest absolute Gasteiger partial charge is 0.294 e. The number of benzene rings is 2. The van der Waals surface area contributed by atoms with E-state index >= 15 is 0 Å². The molecule has 4 aromatic rings. The fourth-order valence-electron chi connectivity index (χ4n) is 3.08. The van der Waals surface area contributed by atoms with Crippen molar-refractivity contribution in [3.8, 4) is 5.69 Å². The van der Waals surface area contributed by atoms with Crippen LogP contribution in [0, 0.1) is 0 Å². The number of hydrogen-bond donors (Lipinski definition) is 0. The van der Waals surface area contributed by atoms with Crippen LogP contribution in [-0.4, -0.2) is 26.3 Å². The second kappa shape index (κ2) is 9.67. The predicted molar refractivity (Wildman–Crippen MR) is 119 cm³/mol. The first kappa shape index (κ1) is 19.6. The van der Waals surface area contributed by atoms with Gasteiger partial charge < -0.3 is 0 Å². The maximum Gasteiger partial charge on any atom is 0.195 e. The van der Waals surface area contributed by atoms with E-state index in [0.717, 1.165) is 40.8 Å². The Morgan fingerprint density at radius 3 is 2.41 bits per heavy atom. The van der Waals surface area contributed by atoms with Crippen LogP contribution in [0.25, 0.3) is 5.69 Å². The first-order valence-electron chi connectivity index (χ1n) is 9.54. The fraction of sp³-hybridized carbons (Fsp3) is 0.174. The lowest BCUT2D eigenvalue weighted by Gasteiger charge is -2.09. The van der Waals surface area contributed by atoms with E-state index in [4.69, 9.17) is 0 Å². The summed E-state index contributed by atoms with van der Waals surface area (Å²) in [7, 11) is 0. The Morgan fingerprint density at radius 1 is 0.931 bits per heavy atom. The Morgan fingerprint density at radius 2 is 1.69 bits per heavy atom. The minimum absolute atomic E-state index is 0.189. The summed E-state index contributed by atoms with van der Waals surface area (Å²) in [5, 5.41) is 11.9. The average Bonchev–Trinajstić information content (AvgIpc) is 3.42. The third kappa shape index (κ3) is 5.02. The molecule has 0 fully saturated rings. The normalized spacial score (nSPS) is 10.9. The number of ketones is 1. The lowest BCUT2D eigenvalue weighted by atomic mass is 10.1. The molecule has 2 aromatic heterocycles. The zero-order chi connectivity index (χ0) is 19.9. The van der Waals surface area contributed by atoms with E-state index in [1.165, 1.54) is 4.88 Å². The highest BCUT2D eigenvalue weighted by molar-refractivity contribution is 7.99. The van der Waals surface area contributed by atoms with E-state index in [-0.39, 0.29) is 5.78 Å². The van der Waals surface area contributed by atoms with Crippen molar-refractivity contribution in [1.29, 1.82) is 0 Å². The number of Topliss-reactive ketones (excluding diaryl/α,β-unsaturated/α-hetero) is 1. The van der Waals surface area contributed by atoms with Crippen LogP contribution in [0.2, 0.25) is 0 Å². The van der Waals surface area contributed by atoms with E-state index in [9.17, 15) is 4.79 Å². The molecule has 29 heavy (non-hydrogen) atoms. The monoisotopic (exact) mass is 419 g/mol. The summed E-state index contributed by atoms with van der Waals surface area (Å²) in [6.07, 6.45) is 2.10. The first-order chi connectivity index (χ1) is 14.3. The predicted octanol–water partition coefficient (Wildman–Crippen LogP) is 5.67. The second-order valence-corrected chi connectivity index (χ2v) is 8.66. The number of thiophene rings is 1. The number of para-hydroxylation sites is 1. The SMILES string of the molecule is O=C(CCCSc1nnc(Cc2cccs2)n1-c1ccccc1)c1ccccc1. The standard InChI is InChI=1S/C23H21N3OS2/c27-21(18-9-3-1-4-10-18)14-8-16-29-23-25-24-22(17-20-13-7-15-28-20)26(23)19-11-5-2-6-12-19/h1-7,9-13,15H,8,14,16-17H2. The summed E-state index contributed by atoms with van der Waals surface area (Å²) in [4.78, 5) is 13.5. The van der Waals surface area contributed by atoms with Crippen LogP contribution in [-0.2, 0) is 6.42 Å². The quantitative estimate of drug-likeness (QED) is 0.199. The smallest absolute Gasteiger partial charge is 0.195 e. The Bertz CT molecular complexity index is 1040. The summed E-state index contributed by atoms with van der Waals surface area (Å²) in [5.74, 6) is 1.94. The van der Waals surface area contributed by atoms with Gasteiger partial charge in [-0.3, -0.25) is 9.36 Å². The molecule has 4 nitrogen and oxygen atoms in total. The van der Waals surface area contributed by atoms with Crippen LogP contribution < -0.4 is 0 Å². The highest BCUT2D eigenvalue weighted by Gasteiger charge is 2.15. The summed E-state index contributed by atoms with van der Waals surface area (Å²) in [6, 6.07) is 23.9. The lowest BCUT2D eigenvalue weighted by Crippen LogP contribution is -2.03. The van der Waals surface area contributed by atoms with Crippen LogP contribution in [0.1, 0.15) is 33.9 Å². The molecule has 0 N–H and O–H groups in total. The molecule has 6 heteroatoms. The number of hydrogen-bond acceptors (Lipinski definition) is 5. The molecule has 0 aliphatic carbocycles. The maximum absolute atomic E-state index is 12.3. The molecule has 0 radical (unpaired) electrons. The zero-order valence-corrected chi connectivity index (χ0v) is 17.5. The first-order valence-corrected chi connectivity index (χ1v) is 11.4. The molecule has 0 unspecified atom stereocenters. The highest BCUT2D eigenvalue weighted by atomic mass is 32.2. The Balaban J connectivity index is 1.44. The van der Waals surface area contributed by atoms with Crippen molar-refractivity contribution >= 4 is 28.9 Å². The number of rotatable bonds is 9. The molecule has 0 aliphatic rings. The van der Waals surface area contributed by atoms with Gasteiger partial charge in [0, 0.05) is 34.7 Å². The van der Waals surface area contributed by atoms with Gasteiger partial charge in [0.1, 0.15) is 5.82 Å². The molecule has 2 heterocycles. The summed E-state index contributed by atoms with van der Waals surface area (Å²) in [6.45, 7) is 0. The fourth-order valence-corrected chi connectivity index (χ4v) is 4.69. The van der Waals surface area contributed by atoms with Gasteiger partial charge >= 0.3 is 0 Å². The molecule has 0 bridgehead atoms. The minimum Gasteiger partial charge on any atom is -0.294 e. The number of nitrogens with zero attached hydrogens (tertiary/aromatic N) is 3. The number of aromatic nitrogens is 3. The topological polar surface area (TPSA) is 47.8 Å². The van der Waals surface area contributed by atoms with Crippen LogP contribution in [0.3, 0.4) is 0 Å². The molecule has 0 saturated carbocycles. The van der Waals surface area contributed by atoms with Crippen LogP contribution >= 0.6 is 23.1 Å². The zero-order valence-electron chi connectivity index (χ0n) is 15.9. The van der Waals surface area contributed by atoms with Crippen molar-refractivity contribution in [2.75, 3.05) is 5.75 Å². The molecular formula is C23H21N3OS2. The van der Waals surface area contributed by atoms with Crippen molar-refractivity contribution in [3.05, 3.63) is 94.4 Å². The number of carbonyl (C=O) groups is 1. The van der Waals surface area contributed by atoms with E-state index in [1.807, 2.05) is 48.5 Å². The van der Waals surface area contributed by atoms with Crippen LogP contribution in [0.5, 0.6) is 0 Å². The van der Waals surface area contributed by atoms with Crippen molar-refractivity contribution in [1.82, 2.24) is 14.8 Å². The van der Waals surface area contributed by atoms with Gasteiger partial charge in [-0.25, -0.2) is 0 Å². The van der Waals surface area contributed by atoms with Gasteiger partial charge in [-0.2, -0.15) is 0 Å². The van der Waals surface area contributed by atoms with Crippen LogP contribution in [0.4, 0.5) is 0 Å². The molecule has 0 atom stereocenters. The van der Waals surface area contributed by atoms with E-state index < -0.39 is 0 Å². The molecule has 0 saturated heterocycles. The third-order valence-electron chi connectivity index (χ3n) is 4.50. The van der Waals surface area contributed by atoms with E-state index in [2.05, 4.69) is 44.4 Å². The Kier molecular flexibility index (Phi) is 6.54. The van der Waals surface area contributed by atoms with Gasteiger partial charge in [-0.15, -0.1) is 21.5 Å². The number of carbonyl (C=O) groups excluding carboxylic acids is 1. The highest BCUT2D eigenvalue weighted by Crippen LogP contribution is 2.25. The molecule has 2 aromatic carbocycles. The summed E-state index contributed by atoms with van der Waals surface area (Å²) < 4.78 is 2.13. The van der Waals surface area contributed by atoms with Crippen LogP contribution in [0.15, 0.2) is 83.3 Å². The van der Waals surface area contributed by atoms with Crippen molar-refractivity contribution in [3.63, 3.8) is 0 Å².